The van der Waals surface area contributed by atoms with Crippen molar-refractivity contribution in [3.63, 3.8) is 0 Å². The number of nitrogens with zero attached hydrogens (tertiary/aromatic N) is 1. The van der Waals surface area contributed by atoms with Crippen molar-refractivity contribution in [3.8, 4) is 0 Å². The Bertz CT molecular complexity index is 438. The molecule has 88 valence electrons. The molecule has 0 atom stereocenters. The van der Waals surface area contributed by atoms with Crippen LogP contribution in [0.5, 0.6) is 0 Å². The summed E-state index contributed by atoms with van der Waals surface area (Å²) in [6.45, 7) is 8.82. The monoisotopic (exact) mass is 222 g/mol. The smallest absolute Gasteiger partial charge is 0.257 e. The molecule has 2 N–H and O–H groups in total. The zero-order valence-corrected chi connectivity index (χ0v) is 10.3. The topological polar surface area (TPSA) is 59.5 Å². The van der Waals surface area contributed by atoms with E-state index < -0.39 is 0 Å². The van der Waals surface area contributed by atoms with Crippen molar-refractivity contribution in [2.45, 2.75) is 33.2 Å². The second kappa shape index (κ2) is 3.35. The summed E-state index contributed by atoms with van der Waals surface area (Å²) < 4.78 is 5.46. The molecule has 1 amide bonds. The van der Waals surface area contributed by atoms with Crippen LogP contribution in [0, 0.1) is 20.8 Å². The molecule has 2 rings (SSSR count). The first-order valence-corrected chi connectivity index (χ1v) is 5.46. The maximum absolute atomic E-state index is 12.2. The minimum absolute atomic E-state index is 0.0368. The fourth-order valence-corrected chi connectivity index (χ4v) is 2.24. The largest absolute Gasteiger partial charge is 0.466 e. The zero-order valence-electron chi connectivity index (χ0n) is 10.3. The zero-order chi connectivity index (χ0) is 12.1. The van der Waals surface area contributed by atoms with Crippen LogP contribution in [-0.2, 0) is 0 Å². The molecule has 0 aliphatic carbocycles. The van der Waals surface area contributed by atoms with Crippen molar-refractivity contribution >= 4 is 5.91 Å². The van der Waals surface area contributed by atoms with Gasteiger partial charge >= 0.3 is 0 Å². The lowest BCUT2D eigenvalue weighted by atomic mass is 9.92. The molecule has 1 aromatic heterocycles. The van der Waals surface area contributed by atoms with Crippen LogP contribution in [0.3, 0.4) is 0 Å². The van der Waals surface area contributed by atoms with Gasteiger partial charge in [0.05, 0.1) is 5.56 Å². The SMILES string of the molecule is Cc1oc(C)c(C(=O)N2CC(C)(N)C2)c1C. The summed E-state index contributed by atoms with van der Waals surface area (Å²) in [5.74, 6) is 1.55. The molecular formula is C12H18N2O2. The van der Waals surface area contributed by atoms with E-state index >= 15 is 0 Å². The van der Waals surface area contributed by atoms with Gasteiger partial charge in [0.25, 0.3) is 5.91 Å². The number of amides is 1. The maximum Gasteiger partial charge on any atom is 0.257 e. The van der Waals surface area contributed by atoms with E-state index in [9.17, 15) is 4.79 Å². The number of aryl methyl sites for hydroxylation is 2. The van der Waals surface area contributed by atoms with Crippen LogP contribution in [0.2, 0.25) is 0 Å². The molecule has 1 aromatic rings. The predicted octanol–water partition coefficient (Wildman–Crippen LogP) is 1.38. The standard InChI is InChI=1S/C12H18N2O2/c1-7-8(2)16-9(3)10(7)11(15)14-5-12(4,13)6-14/h5-6,13H2,1-4H3. The van der Waals surface area contributed by atoms with Crippen molar-refractivity contribution in [1.29, 1.82) is 0 Å². The van der Waals surface area contributed by atoms with Crippen molar-refractivity contribution in [2.75, 3.05) is 13.1 Å². The minimum atomic E-state index is -0.226. The van der Waals surface area contributed by atoms with Crippen molar-refractivity contribution in [3.05, 3.63) is 22.6 Å². The fourth-order valence-electron chi connectivity index (χ4n) is 2.24. The molecule has 4 nitrogen and oxygen atoms in total. The van der Waals surface area contributed by atoms with Gasteiger partial charge in [0, 0.05) is 24.2 Å². The number of nitrogens with two attached hydrogens (primary N) is 1. The quantitative estimate of drug-likeness (QED) is 0.781. The number of hydrogen-bond donors (Lipinski definition) is 1. The Balaban J connectivity index is 2.23. The van der Waals surface area contributed by atoms with Gasteiger partial charge in [-0.2, -0.15) is 0 Å². The third kappa shape index (κ3) is 1.63. The molecular weight excluding hydrogens is 204 g/mol. The summed E-state index contributed by atoms with van der Waals surface area (Å²) in [6.07, 6.45) is 0. The average Bonchev–Trinajstić information content (AvgIpc) is 2.36. The van der Waals surface area contributed by atoms with Crippen LogP contribution in [0.15, 0.2) is 4.42 Å². The lowest BCUT2D eigenvalue weighted by Crippen LogP contribution is -2.66. The highest BCUT2D eigenvalue weighted by Gasteiger charge is 2.39. The van der Waals surface area contributed by atoms with E-state index in [1.54, 1.807) is 4.90 Å². The molecule has 4 heteroatoms. The highest BCUT2D eigenvalue weighted by molar-refractivity contribution is 5.97. The van der Waals surface area contributed by atoms with Crippen LogP contribution in [0.25, 0.3) is 0 Å². The van der Waals surface area contributed by atoms with Crippen molar-refractivity contribution in [2.24, 2.45) is 5.73 Å². The average molecular weight is 222 g/mol. The Labute approximate surface area is 95.4 Å². The first kappa shape index (κ1) is 11.2. The Hall–Kier alpha value is -1.29. The summed E-state index contributed by atoms with van der Waals surface area (Å²) in [4.78, 5) is 13.9. The van der Waals surface area contributed by atoms with E-state index in [0.29, 0.717) is 24.4 Å². The molecule has 1 saturated heterocycles. The first-order chi connectivity index (χ1) is 7.32. The molecule has 0 aromatic carbocycles. The molecule has 2 heterocycles. The van der Waals surface area contributed by atoms with Crippen LogP contribution in [-0.4, -0.2) is 29.4 Å². The van der Waals surface area contributed by atoms with Gasteiger partial charge in [0.2, 0.25) is 0 Å². The van der Waals surface area contributed by atoms with E-state index in [1.165, 1.54) is 0 Å². The van der Waals surface area contributed by atoms with Gasteiger partial charge in [-0.15, -0.1) is 0 Å². The van der Waals surface area contributed by atoms with Crippen LogP contribution >= 0.6 is 0 Å². The summed E-state index contributed by atoms with van der Waals surface area (Å²) in [5, 5.41) is 0. The number of hydrogen-bond acceptors (Lipinski definition) is 3. The molecule has 0 radical (unpaired) electrons. The lowest BCUT2D eigenvalue weighted by molar-refractivity contribution is 0.0451. The molecule has 0 saturated carbocycles. The molecule has 0 bridgehead atoms. The summed E-state index contributed by atoms with van der Waals surface area (Å²) in [7, 11) is 0. The molecule has 0 spiro atoms. The summed E-state index contributed by atoms with van der Waals surface area (Å²) in [5.41, 5.74) is 7.31. The van der Waals surface area contributed by atoms with Gasteiger partial charge in [-0.3, -0.25) is 4.79 Å². The predicted molar refractivity (Wildman–Crippen MR) is 61.4 cm³/mol. The number of carbonyl (C=O) groups is 1. The van der Waals surface area contributed by atoms with Gasteiger partial charge in [-0.05, 0) is 27.7 Å². The molecule has 16 heavy (non-hydrogen) atoms. The Kier molecular flexibility index (Phi) is 2.35. The van der Waals surface area contributed by atoms with Gasteiger partial charge in [0.1, 0.15) is 11.5 Å². The Morgan fingerprint density at radius 2 is 1.88 bits per heavy atom. The second-order valence-corrected chi connectivity index (χ2v) is 5.03. The number of carbonyl (C=O) groups excluding carboxylic acids is 1. The Morgan fingerprint density at radius 1 is 1.31 bits per heavy atom. The number of furan rings is 1. The fraction of sp³-hybridized carbons (Fsp3) is 0.583. The van der Waals surface area contributed by atoms with Crippen molar-refractivity contribution in [1.82, 2.24) is 4.90 Å². The molecule has 0 unspecified atom stereocenters. The van der Waals surface area contributed by atoms with E-state index in [1.807, 2.05) is 27.7 Å². The molecule has 1 aliphatic heterocycles. The van der Waals surface area contributed by atoms with Gasteiger partial charge in [0.15, 0.2) is 0 Å². The normalized spacial score (nSPS) is 18.4. The highest BCUT2D eigenvalue weighted by Crippen LogP contribution is 2.26. The third-order valence-corrected chi connectivity index (χ3v) is 3.17. The molecule has 1 aliphatic rings. The summed E-state index contributed by atoms with van der Waals surface area (Å²) >= 11 is 0. The van der Waals surface area contributed by atoms with E-state index in [0.717, 1.165) is 11.3 Å². The van der Waals surface area contributed by atoms with E-state index in [-0.39, 0.29) is 11.4 Å². The number of rotatable bonds is 1. The van der Waals surface area contributed by atoms with Crippen LogP contribution < -0.4 is 5.73 Å². The van der Waals surface area contributed by atoms with Crippen molar-refractivity contribution < 1.29 is 9.21 Å². The maximum atomic E-state index is 12.2. The van der Waals surface area contributed by atoms with E-state index in [2.05, 4.69) is 0 Å². The molecule has 1 fully saturated rings. The lowest BCUT2D eigenvalue weighted by Gasteiger charge is -2.45. The van der Waals surface area contributed by atoms with Crippen LogP contribution in [0.4, 0.5) is 0 Å². The second-order valence-electron chi connectivity index (χ2n) is 5.03. The Morgan fingerprint density at radius 3 is 2.25 bits per heavy atom. The van der Waals surface area contributed by atoms with Gasteiger partial charge in [-0.1, -0.05) is 0 Å². The minimum Gasteiger partial charge on any atom is -0.466 e. The van der Waals surface area contributed by atoms with Crippen LogP contribution in [0.1, 0.15) is 34.4 Å². The highest BCUT2D eigenvalue weighted by atomic mass is 16.3. The summed E-state index contributed by atoms with van der Waals surface area (Å²) in [6, 6.07) is 0. The van der Waals surface area contributed by atoms with E-state index in [4.69, 9.17) is 10.2 Å². The number of likely N-dealkylation sites (tertiary alicyclic amines) is 1. The first-order valence-electron chi connectivity index (χ1n) is 5.46. The van der Waals surface area contributed by atoms with Gasteiger partial charge < -0.3 is 15.1 Å². The van der Waals surface area contributed by atoms with Gasteiger partial charge in [-0.25, -0.2) is 0 Å². The third-order valence-electron chi connectivity index (χ3n) is 3.17.